The van der Waals surface area contributed by atoms with E-state index in [1.807, 2.05) is 0 Å². The van der Waals surface area contributed by atoms with Crippen molar-refractivity contribution < 1.29 is 31.0 Å². The van der Waals surface area contributed by atoms with Crippen LogP contribution in [0.3, 0.4) is 0 Å². The van der Waals surface area contributed by atoms with E-state index in [4.69, 9.17) is 0 Å². The Bertz CT molecular complexity index is 34.2. The van der Waals surface area contributed by atoms with Crippen molar-refractivity contribution in [2.24, 2.45) is 0 Å². The molecule has 0 aliphatic rings. The van der Waals surface area contributed by atoms with E-state index in [1.54, 1.807) is 0 Å². The van der Waals surface area contributed by atoms with E-state index in [9.17, 15) is 0 Å². The summed E-state index contributed by atoms with van der Waals surface area (Å²) >= 11 is 0. The van der Waals surface area contributed by atoms with Crippen molar-refractivity contribution in [2.75, 3.05) is 0 Å². The van der Waals surface area contributed by atoms with E-state index in [0.717, 1.165) is 0 Å². The topological polar surface area (TPSA) is 0 Å². The maximum Gasteiger partial charge on any atom is 1.00 e. The molecule has 0 unspecified atom stereocenters. The summed E-state index contributed by atoms with van der Waals surface area (Å²) in [4.78, 5) is 0. The molecule has 0 fully saturated rings. The maximum absolute atomic E-state index is 2.26. The Morgan fingerprint density at radius 1 is 0.778 bits per heavy atom. The molecule has 52 valence electrons. The number of hydrogen-bond acceptors (Lipinski definition) is 0. The van der Waals surface area contributed by atoms with E-state index in [1.165, 1.54) is 38.5 Å². The van der Waals surface area contributed by atoms with Crippen LogP contribution in [0.2, 0.25) is 0 Å². The average Bonchev–Trinajstić information content (AvgIpc) is 1.81. The first-order valence-corrected chi connectivity index (χ1v) is 3.91. The summed E-state index contributed by atoms with van der Waals surface area (Å²) in [5.41, 5.74) is 0. The molecular weight excluding hydrogens is 119 g/mol. The summed E-state index contributed by atoms with van der Waals surface area (Å²) in [5.74, 6) is 0. The van der Waals surface area contributed by atoms with Crippen molar-refractivity contribution in [3.05, 3.63) is 0 Å². The molecule has 0 rings (SSSR count). The minimum absolute atomic E-state index is 0. The number of rotatable bonds is 5. The van der Waals surface area contributed by atoms with E-state index >= 15 is 0 Å². The smallest absolute Gasteiger partial charge is 1.00 e. The van der Waals surface area contributed by atoms with Gasteiger partial charge in [-0.15, -0.1) is 0 Å². The van der Waals surface area contributed by atoms with Crippen molar-refractivity contribution in [2.45, 2.75) is 52.4 Å². The van der Waals surface area contributed by atoms with Gasteiger partial charge in [-0.2, -0.15) is 0 Å². The Hall–Kier alpha value is 1.00. The largest absolute Gasteiger partial charge is 1.00 e. The fourth-order valence-corrected chi connectivity index (χ4v) is 0.854. The summed E-state index contributed by atoms with van der Waals surface area (Å²) in [7, 11) is 0. The molecule has 0 amide bonds. The monoisotopic (exact) mass is 138 g/mol. The molecule has 0 atom stereocenters. The van der Waals surface area contributed by atoms with Crippen molar-refractivity contribution in [3.8, 4) is 0 Å². The summed E-state index contributed by atoms with van der Waals surface area (Å²) in [6, 6.07) is 0. The second kappa shape index (κ2) is 11.8. The van der Waals surface area contributed by atoms with Gasteiger partial charge in [0.2, 0.25) is 0 Å². The second-order valence-corrected chi connectivity index (χ2v) is 2.41. The van der Waals surface area contributed by atoms with Gasteiger partial charge in [-0.05, 0) is 0 Å². The zero-order valence-corrected chi connectivity index (χ0v) is 9.24. The molecule has 1 heteroatoms. The Morgan fingerprint density at radius 3 is 1.33 bits per heavy atom. The summed E-state index contributed by atoms with van der Waals surface area (Å²) in [6.07, 6.45) is 8.49. The van der Waals surface area contributed by atoms with E-state index < -0.39 is 0 Å². The minimum Gasteiger partial charge on any atom is -1.00 e. The van der Waals surface area contributed by atoms with Crippen molar-refractivity contribution in [1.82, 2.24) is 0 Å². The Balaban J connectivity index is -0.000000245. The molecule has 0 spiro atoms. The van der Waals surface area contributed by atoms with Crippen LogP contribution in [0.1, 0.15) is 53.8 Å². The molecule has 9 heavy (non-hydrogen) atoms. The zero-order chi connectivity index (χ0) is 6.24. The van der Waals surface area contributed by atoms with Crippen LogP contribution in [-0.2, 0) is 0 Å². The standard InChI is InChI=1S/C8H18.Na.H/c1-3-5-7-8-6-4-2;;/h3-8H2,1-2H3;;/q;+1;-1. The van der Waals surface area contributed by atoms with Crippen LogP contribution in [0.15, 0.2) is 0 Å². The molecule has 0 bridgehead atoms. The Labute approximate surface area is 83.2 Å². The molecule has 0 aliphatic heterocycles. The number of unbranched alkanes of at least 4 members (excludes halogenated alkanes) is 5. The molecular formula is C8H19Na. The van der Waals surface area contributed by atoms with Gasteiger partial charge in [0.15, 0.2) is 0 Å². The first-order valence-electron chi connectivity index (χ1n) is 3.91. The zero-order valence-electron chi connectivity index (χ0n) is 8.24. The fourth-order valence-electron chi connectivity index (χ4n) is 0.854. The van der Waals surface area contributed by atoms with Crippen LogP contribution in [0.4, 0.5) is 0 Å². The van der Waals surface area contributed by atoms with Crippen LogP contribution in [0, 0.1) is 0 Å². The second-order valence-electron chi connectivity index (χ2n) is 2.41. The van der Waals surface area contributed by atoms with Crippen LogP contribution < -0.4 is 29.6 Å². The average molecular weight is 138 g/mol. The molecule has 0 N–H and O–H groups in total. The first kappa shape index (κ1) is 12.7. The SMILES string of the molecule is CCCCCCCC.[H-].[Na+]. The normalized spacial score (nSPS) is 8.67. The number of hydrogen-bond donors (Lipinski definition) is 0. The van der Waals surface area contributed by atoms with Crippen molar-refractivity contribution >= 4 is 0 Å². The Kier molecular flexibility index (Phi) is 16.5. The molecule has 0 saturated heterocycles. The van der Waals surface area contributed by atoms with E-state index in [-0.39, 0.29) is 31.0 Å². The predicted octanol–water partition coefficient (Wildman–Crippen LogP) is 0.483. The minimum atomic E-state index is 0. The molecule has 0 aliphatic carbocycles. The van der Waals surface area contributed by atoms with Gasteiger partial charge in [0, 0.05) is 0 Å². The molecule has 0 saturated carbocycles. The van der Waals surface area contributed by atoms with Gasteiger partial charge in [-0.25, -0.2) is 0 Å². The molecule has 0 nitrogen and oxygen atoms in total. The van der Waals surface area contributed by atoms with E-state index in [2.05, 4.69) is 13.8 Å². The van der Waals surface area contributed by atoms with Crippen LogP contribution in [0.5, 0.6) is 0 Å². The first-order chi connectivity index (χ1) is 3.91. The quantitative estimate of drug-likeness (QED) is 0.383. The molecule has 0 aromatic heterocycles. The molecule has 0 aromatic rings. The van der Waals surface area contributed by atoms with E-state index in [0.29, 0.717) is 0 Å². The summed E-state index contributed by atoms with van der Waals surface area (Å²) in [5, 5.41) is 0. The van der Waals surface area contributed by atoms with Crippen molar-refractivity contribution in [1.29, 1.82) is 0 Å². The van der Waals surface area contributed by atoms with Crippen LogP contribution >= 0.6 is 0 Å². The third-order valence-corrected chi connectivity index (χ3v) is 1.46. The van der Waals surface area contributed by atoms with Crippen molar-refractivity contribution in [3.63, 3.8) is 0 Å². The fraction of sp³-hybridized carbons (Fsp3) is 1.00. The third-order valence-electron chi connectivity index (χ3n) is 1.46. The van der Waals surface area contributed by atoms with Gasteiger partial charge in [-0.3, -0.25) is 0 Å². The Morgan fingerprint density at radius 2 is 1.11 bits per heavy atom. The van der Waals surface area contributed by atoms with Gasteiger partial charge in [-0.1, -0.05) is 52.4 Å². The van der Waals surface area contributed by atoms with Gasteiger partial charge >= 0.3 is 29.6 Å². The predicted molar refractivity (Wildman–Crippen MR) is 40.2 cm³/mol. The molecule has 0 heterocycles. The summed E-state index contributed by atoms with van der Waals surface area (Å²) in [6.45, 7) is 4.51. The van der Waals surface area contributed by atoms with Crippen LogP contribution in [0.25, 0.3) is 0 Å². The third kappa shape index (κ3) is 12.2. The van der Waals surface area contributed by atoms with Gasteiger partial charge in [0.1, 0.15) is 0 Å². The van der Waals surface area contributed by atoms with Gasteiger partial charge < -0.3 is 1.43 Å². The van der Waals surface area contributed by atoms with Gasteiger partial charge in [0.05, 0.1) is 0 Å². The van der Waals surface area contributed by atoms with Gasteiger partial charge in [0.25, 0.3) is 0 Å². The summed E-state index contributed by atoms with van der Waals surface area (Å²) < 4.78 is 0. The molecule has 0 aromatic carbocycles. The molecule has 0 radical (unpaired) electrons. The van der Waals surface area contributed by atoms with Crippen LogP contribution in [-0.4, -0.2) is 0 Å². The maximum atomic E-state index is 2.26.